The second-order valence-corrected chi connectivity index (χ2v) is 6.15. The molecular weight excluding hydrogens is 280 g/mol. The number of hydrogen-bond donors (Lipinski definition) is 1. The van der Waals surface area contributed by atoms with Gasteiger partial charge in [0, 0.05) is 24.7 Å². The maximum atomic E-state index is 12.8. The fourth-order valence-electron chi connectivity index (χ4n) is 3.53. The third kappa shape index (κ3) is 3.04. The van der Waals surface area contributed by atoms with Crippen molar-refractivity contribution in [2.45, 2.75) is 12.8 Å². The molecule has 0 aliphatic carbocycles. The van der Waals surface area contributed by atoms with Gasteiger partial charge in [0.2, 0.25) is 0 Å². The van der Waals surface area contributed by atoms with E-state index in [1.807, 2.05) is 4.90 Å². The third-order valence-corrected chi connectivity index (χ3v) is 4.90. The predicted molar refractivity (Wildman–Crippen MR) is 84.5 cm³/mol. The number of rotatable bonds is 3. The van der Waals surface area contributed by atoms with Crippen LogP contribution in [-0.4, -0.2) is 51.2 Å². The Bertz CT molecular complexity index is 510. The van der Waals surface area contributed by atoms with Crippen molar-refractivity contribution in [2.24, 2.45) is 11.8 Å². The van der Waals surface area contributed by atoms with Crippen LogP contribution in [-0.2, 0) is 0 Å². The molecule has 0 radical (unpaired) electrons. The molecule has 0 unspecified atom stereocenters. The summed E-state index contributed by atoms with van der Waals surface area (Å²) in [6.45, 7) is 3.86. The summed E-state index contributed by atoms with van der Waals surface area (Å²) in [6, 6.07) is 5.37. The number of ether oxygens (including phenoxy) is 2. The first kappa shape index (κ1) is 15.2. The molecular formula is C17H24N2O3. The predicted octanol–water partition coefficient (Wildman–Crippen LogP) is 1.78. The van der Waals surface area contributed by atoms with E-state index in [1.54, 1.807) is 32.4 Å². The Morgan fingerprint density at radius 1 is 1.05 bits per heavy atom. The molecule has 1 aromatic rings. The van der Waals surface area contributed by atoms with Gasteiger partial charge >= 0.3 is 0 Å². The van der Waals surface area contributed by atoms with Crippen LogP contribution in [0, 0.1) is 11.8 Å². The average molecular weight is 304 g/mol. The minimum absolute atomic E-state index is 0.0742. The lowest BCUT2D eigenvalue weighted by Crippen LogP contribution is -2.32. The molecule has 5 heteroatoms. The number of fused-ring (bicyclic) bond motifs is 1. The first-order chi connectivity index (χ1) is 10.7. The molecule has 22 heavy (non-hydrogen) atoms. The molecule has 0 saturated carbocycles. The fourth-order valence-corrected chi connectivity index (χ4v) is 3.53. The molecule has 1 aromatic carbocycles. The normalized spacial score (nSPS) is 24.5. The monoisotopic (exact) mass is 304 g/mol. The van der Waals surface area contributed by atoms with Crippen molar-refractivity contribution in [3.8, 4) is 11.5 Å². The zero-order valence-corrected chi connectivity index (χ0v) is 13.3. The zero-order chi connectivity index (χ0) is 15.5. The van der Waals surface area contributed by atoms with Crippen molar-refractivity contribution >= 4 is 5.91 Å². The minimum Gasteiger partial charge on any atom is -0.497 e. The topological polar surface area (TPSA) is 50.8 Å². The average Bonchev–Trinajstić information content (AvgIpc) is 2.92. The molecule has 2 atom stereocenters. The molecule has 1 amide bonds. The van der Waals surface area contributed by atoms with Gasteiger partial charge in [0.25, 0.3) is 5.91 Å². The zero-order valence-electron chi connectivity index (χ0n) is 13.3. The lowest BCUT2D eigenvalue weighted by atomic mass is 9.92. The largest absolute Gasteiger partial charge is 0.497 e. The number of likely N-dealkylation sites (tertiary alicyclic amines) is 1. The van der Waals surface area contributed by atoms with Crippen LogP contribution in [0.3, 0.4) is 0 Å². The van der Waals surface area contributed by atoms with E-state index in [0.717, 1.165) is 50.9 Å². The summed E-state index contributed by atoms with van der Waals surface area (Å²) in [5.41, 5.74) is 0.640. The van der Waals surface area contributed by atoms with Gasteiger partial charge in [-0.05, 0) is 49.9 Å². The van der Waals surface area contributed by atoms with Gasteiger partial charge in [0.1, 0.15) is 11.5 Å². The van der Waals surface area contributed by atoms with Gasteiger partial charge in [-0.2, -0.15) is 0 Å². The summed E-state index contributed by atoms with van der Waals surface area (Å²) in [7, 11) is 3.20. The SMILES string of the molecule is COc1cc(OC)cc(C(=O)N2CC[C@@H]3CNC[C@@H]3CC2)c1. The van der Waals surface area contributed by atoms with Crippen molar-refractivity contribution in [3.63, 3.8) is 0 Å². The summed E-state index contributed by atoms with van der Waals surface area (Å²) < 4.78 is 10.5. The van der Waals surface area contributed by atoms with Gasteiger partial charge in [-0.25, -0.2) is 0 Å². The molecule has 0 bridgehead atoms. The van der Waals surface area contributed by atoms with Crippen LogP contribution < -0.4 is 14.8 Å². The number of carbonyl (C=O) groups excluding carboxylic acids is 1. The Morgan fingerprint density at radius 2 is 1.59 bits per heavy atom. The molecule has 2 aliphatic rings. The summed E-state index contributed by atoms with van der Waals surface area (Å²) in [4.78, 5) is 14.8. The first-order valence-corrected chi connectivity index (χ1v) is 7.94. The van der Waals surface area contributed by atoms with Gasteiger partial charge in [0.05, 0.1) is 14.2 Å². The number of amides is 1. The van der Waals surface area contributed by atoms with Crippen molar-refractivity contribution in [3.05, 3.63) is 23.8 Å². The molecule has 0 spiro atoms. The first-order valence-electron chi connectivity index (χ1n) is 7.94. The number of benzene rings is 1. The lowest BCUT2D eigenvalue weighted by molar-refractivity contribution is 0.0757. The Labute approximate surface area is 131 Å². The van der Waals surface area contributed by atoms with Gasteiger partial charge in [-0.1, -0.05) is 0 Å². The van der Waals surface area contributed by atoms with Crippen LogP contribution in [0.2, 0.25) is 0 Å². The molecule has 2 heterocycles. The quantitative estimate of drug-likeness (QED) is 0.925. The van der Waals surface area contributed by atoms with Crippen LogP contribution in [0.15, 0.2) is 18.2 Å². The van der Waals surface area contributed by atoms with E-state index in [0.29, 0.717) is 17.1 Å². The molecule has 0 aromatic heterocycles. The van der Waals surface area contributed by atoms with E-state index in [9.17, 15) is 4.79 Å². The number of carbonyl (C=O) groups is 1. The van der Waals surface area contributed by atoms with Crippen molar-refractivity contribution in [1.29, 1.82) is 0 Å². The number of nitrogens with zero attached hydrogens (tertiary/aromatic N) is 1. The lowest BCUT2D eigenvalue weighted by Gasteiger charge is -2.21. The maximum absolute atomic E-state index is 12.8. The number of nitrogens with one attached hydrogen (secondary N) is 1. The van der Waals surface area contributed by atoms with Crippen LogP contribution in [0.1, 0.15) is 23.2 Å². The molecule has 5 nitrogen and oxygen atoms in total. The third-order valence-electron chi connectivity index (χ3n) is 4.90. The van der Waals surface area contributed by atoms with E-state index in [2.05, 4.69) is 5.32 Å². The number of methoxy groups -OCH3 is 2. The standard InChI is InChI=1S/C17H24N2O3/c1-21-15-7-14(8-16(9-15)22-2)17(20)19-5-3-12-10-18-11-13(12)4-6-19/h7-9,12-13,18H,3-6,10-11H2,1-2H3/t12-,13+. The highest BCUT2D eigenvalue weighted by molar-refractivity contribution is 5.95. The number of hydrogen-bond acceptors (Lipinski definition) is 4. The van der Waals surface area contributed by atoms with Gasteiger partial charge in [-0.15, -0.1) is 0 Å². The molecule has 120 valence electrons. The fraction of sp³-hybridized carbons (Fsp3) is 0.588. The van der Waals surface area contributed by atoms with Crippen LogP contribution in [0.5, 0.6) is 11.5 Å². The molecule has 2 aliphatic heterocycles. The van der Waals surface area contributed by atoms with E-state index >= 15 is 0 Å². The van der Waals surface area contributed by atoms with Crippen molar-refractivity contribution in [2.75, 3.05) is 40.4 Å². The van der Waals surface area contributed by atoms with Gasteiger partial charge < -0.3 is 19.7 Å². The summed E-state index contributed by atoms with van der Waals surface area (Å²) in [5.74, 6) is 2.82. The summed E-state index contributed by atoms with van der Waals surface area (Å²) in [6.07, 6.45) is 2.18. The van der Waals surface area contributed by atoms with E-state index in [-0.39, 0.29) is 5.91 Å². The Morgan fingerprint density at radius 3 is 2.09 bits per heavy atom. The van der Waals surface area contributed by atoms with Crippen LogP contribution in [0.25, 0.3) is 0 Å². The maximum Gasteiger partial charge on any atom is 0.254 e. The van der Waals surface area contributed by atoms with E-state index in [1.165, 1.54) is 0 Å². The molecule has 2 saturated heterocycles. The van der Waals surface area contributed by atoms with E-state index in [4.69, 9.17) is 9.47 Å². The molecule has 1 N–H and O–H groups in total. The van der Waals surface area contributed by atoms with Gasteiger partial charge in [0.15, 0.2) is 0 Å². The molecule has 2 fully saturated rings. The van der Waals surface area contributed by atoms with Crippen LogP contribution >= 0.6 is 0 Å². The van der Waals surface area contributed by atoms with Gasteiger partial charge in [-0.3, -0.25) is 4.79 Å². The highest BCUT2D eigenvalue weighted by Gasteiger charge is 2.31. The highest BCUT2D eigenvalue weighted by Crippen LogP contribution is 2.29. The second-order valence-electron chi connectivity index (χ2n) is 6.15. The summed E-state index contributed by atoms with van der Waals surface area (Å²) in [5, 5.41) is 3.46. The Hall–Kier alpha value is -1.75. The highest BCUT2D eigenvalue weighted by atomic mass is 16.5. The van der Waals surface area contributed by atoms with Crippen molar-refractivity contribution < 1.29 is 14.3 Å². The summed E-state index contributed by atoms with van der Waals surface area (Å²) >= 11 is 0. The second kappa shape index (κ2) is 6.57. The Kier molecular flexibility index (Phi) is 4.52. The smallest absolute Gasteiger partial charge is 0.254 e. The van der Waals surface area contributed by atoms with Crippen molar-refractivity contribution in [1.82, 2.24) is 10.2 Å². The van der Waals surface area contributed by atoms with Crippen LogP contribution in [0.4, 0.5) is 0 Å². The minimum atomic E-state index is 0.0742. The van der Waals surface area contributed by atoms with E-state index < -0.39 is 0 Å². The molecule has 3 rings (SSSR count). The Balaban J connectivity index is 1.75.